The Bertz CT molecular complexity index is 155. The molecule has 0 N–H and O–H groups in total. The normalized spacial score (nSPS) is 40.6. The molecule has 78 valence electrons. The lowest BCUT2D eigenvalue weighted by Crippen LogP contribution is -2.56. The smallest absolute Gasteiger partial charge is 0.0888 e. The first kappa shape index (κ1) is 11.0. The van der Waals surface area contributed by atoms with Gasteiger partial charge in [0.15, 0.2) is 0 Å². The molecule has 1 heteroatoms. The molecule has 1 nitrogen and oxygen atoms in total. The molecule has 3 atom stereocenters. The van der Waals surface area contributed by atoms with Crippen LogP contribution in [0.15, 0.2) is 0 Å². The molecule has 3 unspecified atom stereocenters. The van der Waals surface area contributed by atoms with Gasteiger partial charge in [0.05, 0.1) is 26.2 Å². The summed E-state index contributed by atoms with van der Waals surface area (Å²) in [5.74, 6) is 1.02. The van der Waals surface area contributed by atoms with Crippen molar-refractivity contribution < 1.29 is 4.48 Å². The summed E-state index contributed by atoms with van der Waals surface area (Å²) in [6, 6.07) is 0.934. The van der Waals surface area contributed by atoms with E-state index in [0.717, 1.165) is 12.0 Å². The van der Waals surface area contributed by atoms with E-state index in [-0.39, 0.29) is 0 Å². The minimum Gasteiger partial charge on any atom is -0.324 e. The van der Waals surface area contributed by atoms with Gasteiger partial charge in [-0.1, -0.05) is 20.3 Å². The van der Waals surface area contributed by atoms with Crippen molar-refractivity contribution >= 4 is 0 Å². The van der Waals surface area contributed by atoms with Crippen molar-refractivity contribution in [2.75, 3.05) is 20.1 Å². The van der Waals surface area contributed by atoms with Crippen molar-refractivity contribution in [3.8, 4) is 0 Å². The summed E-state index contributed by atoms with van der Waals surface area (Å²) in [7, 11) is 2.44. The second-order valence-corrected chi connectivity index (χ2v) is 4.88. The van der Waals surface area contributed by atoms with Gasteiger partial charge in [-0.25, -0.2) is 0 Å². The number of hydrogen-bond acceptors (Lipinski definition) is 0. The molecule has 1 aliphatic rings. The Morgan fingerprint density at radius 2 is 1.85 bits per heavy atom. The summed E-state index contributed by atoms with van der Waals surface area (Å²) >= 11 is 0. The van der Waals surface area contributed by atoms with Crippen LogP contribution in [0.5, 0.6) is 0 Å². The molecule has 1 fully saturated rings. The molecule has 0 spiro atoms. The third-order valence-corrected chi connectivity index (χ3v) is 4.31. The fourth-order valence-corrected chi connectivity index (χ4v) is 2.81. The predicted molar refractivity (Wildman–Crippen MR) is 58.7 cm³/mol. The van der Waals surface area contributed by atoms with E-state index in [4.69, 9.17) is 0 Å². The monoisotopic (exact) mass is 184 g/mol. The van der Waals surface area contributed by atoms with E-state index in [0.29, 0.717) is 0 Å². The van der Waals surface area contributed by atoms with Crippen LogP contribution in [0.2, 0.25) is 0 Å². The molecule has 0 bridgehead atoms. The van der Waals surface area contributed by atoms with E-state index in [1.807, 2.05) is 0 Å². The molecule has 0 amide bonds. The van der Waals surface area contributed by atoms with Gasteiger partial charge in [0.2, 0.25) is 0 Å². The highest BCUT2D eigenvalue weighted by atomic mass is 15.4. The molecule has 13 heavy (non-hydrogen) atoms. The SMILES string of the molecule is CCC1CC[N+](C)(CC)C(CC)C1. The standard InChI is InChI=1S/C12H26N/c1-5-11-8-9-13(4,7-3)12(6-2)10-11/h11-12H,5-10H2,1-4H3/q+1. The Hall–Kier alpha value is -0.0400. The summed E-state index contributed by atoms with van der Waals surface area (Å²) in [6.07, 6.45) is 5.68. The molecule has 0 aromatic carbocycles. The first-order chi connectivity index (χ1) is 6.16. The Kier molecular flexibility index (Phi) is 3.78. The van der Waals surface area contributed by atoms with Crippen molar-refractivity contribution in [2.45, 2.75) is 52.5 Å². The molecule has 0 aliphatic carbocycles. The van der Waals surface area contributed by atoms with Gasteiger partial charge in [0.1, 0.15) is 0 Å². The summed E-state index contributed by atoms with van der Waals surface area (Å²) in [6.45, 7) is 9.77. The minimum absolute atomic E-state index is 0.934. The Morgan fingerprint density at radius 3 is 2.31 bits per heavy atom. The number of likely N-dealkylation sites (tertiary alicyclic amines) is 1. The maximum atomic E-state index is 2.44. The minimum atomic E-state index is 0.934. The van der Waals surface area contributed by atoms with E-state index < -0.39 is 0 Å². The third-order valence-electron chi connectivity index (χ3n) is 4.31. The van der Waals surface area contributed by atoms with Crippen molar-refractivity contribution in [1.82, 2.24) is 0 Å². The molecule has 1 aliphatic heterocycles. The quantitative estimate of drug-likeness (QED) is 0.591. The number of rotatable bonds is 3. The summed E-state index contributed by atoms with van der Waals surface area (Å²) in [5, 5.41) is 0. The fraction of sp³-hybridized carbons (Fsp3) is 1.00. The van der Waals surface area contributed by atoms with Gasteiger partial charge in [-0.3, -0.25) is 0 Å². The molecule has 0 aromatic heterocycles. The second kappa shape index (κ2) is 4.45. The van der Waals surface area contributed by atoms with Gasteiger partial charge < -0.3 is 4.48 Å². The van der Waals surface area contributed by atoms with Crippen LogP contribution in [0.1, 0.15) is 46.5 Å². The zero-order chi connectivity index (χ0) is 9.90. The van der Waals surface area contributed by atoms with E-state index in [2.05, 4.69) is 27.8 Å². The van der Waals surface area contributed by atoms with Crippen molar-refractivity contribution in [3.63, 3.8) is 0 Å². The maximum absolute atomic E-state index is 2.44. The summed E-state index contributed by atoms with van der Waals surface area (Å²) in [4.78, 5) is 0. The number of piperidine rings is 1. The van der Waals surface area contributed by atoms with Crippen molar-refractivity contribution in [1.29, 1.82) is 0 Å². The van der Waals surface area contributed by atoms with Crippen LogP contribution in [-0.2, 0) is 0 Å². The average Bonchev–Trinajstić information content (AvgIpc) is 2.18. The molecule has 1 saturated heterocycles. The van der Waals surface area contributed by atoms with Crippen molar-refractivity contribution in [2.24, 2.45) is 5.92 Å². The van der Waals surface area contributed by atoms with Crippen LogP contribution >= 0.6 is 0 Å². The lowest BCUT2D eigenvalue weighted by molar-refractivity contribution is -0.938. The summed E-state index contributed by atoms with van der Waals surface area (Å²) in [5.41, 5.74) is 0. The molecule has 0 aromatic rings. The molecular weight excluding hydrogens is 158 g/mol. The highest BCUT2D eigenvalue weighted by molar-refractivity contribution is 4.70. The van der Waals surface area contributed by atoms with Gasteiger partial charge in [-0.15, -0.1) is 0 Å². The number of quaternary nitrogens is 1. The highest BCUT2D eigenvalue weighted by Gasteiger charge is 2.36. The Balaban J connectivity index is 2.60. The largest absolute Gasteiger partial charge is 0.324 e. The lowest BCUT2D eigenvalue weighted by atomic mass is 9.86. The lowest BCUT2D eigenvalue weighted by Gasteiger charge is -2.46. The topological polar surface area (TPSA) is 0 Å². The third kappa shape index (κ3) is 2.25. The Morgan fingerprint density at radius 1 is 1.15 bits per heavy atom. The number of nitrogens with zero attached hydrogens (tertiary/aromatic N) is 1. The molecule has 0 radical (unpaired) electrons. The Labute approximate surface area is 83.7 Å². The van der Waals surface area contributed by atoms with Crippen molar-refractivity contribution in [3.05, 3.63) is 0 Å². The highest BCUT2D eigenvalue weighted by Crippen LogP contribution is 2.31. The van der Waals surface area contributed by atoms with Gasteiger partial charge >= 0.3 is 0 Å². The average molecular weight is 184 g/mol. The second-order valence-electron chi connectivity index (χ2n) is 4.88. The summed E-state index contributed by atoms with van der Waals surface area (Å²) < 4.78 is 1.33. The van der Waals surface area contributed by atoms with E-state index in [9.17, 15) is 0 Å². The van der Waals surface area contributed by atoms with Gasteiger partial charge in [-0.05, 0) is 25.7 Å². The van der Waals surface area contributed by atoms with Crippen LogP contribution in [-0.4, -0.2) is 30.7 Å². The molecule has 1 rings (SSSR count). The van der Waals surface area contributed by atoms with Crippen LogP contribution in [0.4, 0.5) is 0 Å². The van der Waals surface area contributed by atoms with E-state index in [1.165, 1.54) is 43.3 Å². The fourth-order valence-electron chi connectivity index (χ4n) is 2.81. The first-order valence-electron chi connectivity index (χ1n) is 6.00. The zero-order valence-corrected chi connectivity index (χ0v) is 9.84. The molecule has 1 heterocycles. The van der Waals surface area contributed by atoms with Crippen LogP contribution < -0.4 is 0 Å². The van der Waals surface area contributed by atoms with Gasteiger partial charge in [0.25, 0.3) is 0 Å². The zero-order valence-electron chi connectivity index (χ0n) is 9.84. The van der Waals surface area contributed by atoms with E-state index >= 15 is 0 Å². The molecule has 0 saturated carbocycles. The van der Waals surface area contributed by atoms with Crippen LogP contribution in [0, 0.1) is 5.92 Å². The van der Waals surface area contributed by atoms with Crippen LogP contribution in [0.3, 0.4) is 0 Å². The molecular formula is C12H26N+. The van der Waals surface area contributed by atoms with E-state index in [1.54, 1.807) is 0 Å². The van der Waals surface area contributed by atoms with Gasteiger partial charge in [0, 0.05) is 6.42 Å². The first-order valence-corrected chi connectivity index (χ1v) is 6.00. The van der Waals surface area contributed by atoms with Gasteiger partial charge in [-0.2, -0.15) is 0 Å². The number of hydrogen-bond donors (Lipinski definition) is 0. The van der Waals surface area contributed by atoms with Crippen LogP contribution in [0.25, 0.3) is 0 Å². The predicted octanol–water partition coefficient (Wildman–Crippen LogP) is 3.05. The maximum Gasteiger partial charge on any atom is 0.0888 e.